The highest BCUT2D eigenvalue weighted by Crippen LogP contribution is 2.32. The van der Waals surface area contributed by atoms with Gasteiger partial charge < -0.3 is 14.8 Å². The third kappa shape index (κ3) is 4.14. The maximum atomic E-state index is 6.06. The second-order valence-corrected chi connectivity index (χ2v) is 5.98. The lowest BCUT2D eigenvalue weighted by atomic mass is 10.2. The van der Waals surface area contributed by atoms with E-state index in [1.165, 1.54) is 10.5 Å². The number of nitrogens with one attached hydrogen (secondary N) is 1. The van der Waals surface area contributed by atoms with E-state index in [9.17, 15) is 0 Å². The number of hydrogen-bond acceptors (Lipinski definition) is 4. The maximum Gasteiger partial charge on any atom is 0.0611 e. The number of ether oxygens (including phenoxy) is 2. The summed E-state index contributed by atoms with van der Waals surface area (Å²) in [5.41, 5.74) is 1.28. The first-order valence-electron chi connectivity index (χ1n) is 6.02. The lowest BCUT2D eigenvalue weighted by Gasteiger charge is -2.26. The predicted molar refractivity (Wildman–Crippen MR) is 75.5 cm³/mol. The van der Waals surface area contributed by atoms with E-state index in [-0.39, 0.29) is 0 Å². The summed E-state index contributed by atoms with van der Waals surface area (Å²) in [6.45, 7) is 4.11. The minimum absolute atomic E-state index is 0.571. The van der Waals surface area contributed by atoms with Crippen molar-refractivity contribution in [2.75, 3.05) is 33.5 Å². The average Bonchev–Trinajstić information content (AvgIpc) is 2.31. The van der Waals surface area contributed by atoms with Gasteiger partial charge in [0.2, 0.25) is 0 Å². The molecular formula is C13H18ClNO2S. The van der Waals surface area contributed by atoms with Crippen molar-refractivity contribution in [2.45, 2.75) is 16.7 Å². The molecule has 3 nitrogen and oxygen atoms in total. The van der Waals surface area contributed by atoms with Crippen LogP contribution < -0.4 is 5.32 Å². The highest BCUT2D eigenvalue weighted by molar-refractivity contribution is 8.00. The fraction of sp³-hybridized carbons (Fsp3) is 0.538. The predicted octanol–water partition coefficient (Wildman–Crippen LogP) is 2.57. The van der Waals surface area contributed by atoms with Crippen LogP contribution in [0.4, 0.5) is 0 Å². The highest BCUT2D eigenvalue weighted by atomic mass is 35.5. The molecule has 1 N–H and O–H groups in total. The Morgan fingerprint density at radius 3 is 3.00 bits per heavy atom. The Labute approximate surface area is 117 Å². The Bertz CT molecular complexity index is 385. The van der Waals surface area contributed by atoms with Crippen LogP contribution >= 0.6 is 23.4 Å². The van der Waals surface area contributed by atoms with Gasteiger partial charge in [0, 0.05) is 30.1 Å². The molecule has 5 heteroatoms. The summed E-state index contributed by atoms with van der Waals surface area (Å²) in [6, 6.07) is 6.07. The fourth-order valence-corrected chi connectivity index (χ4v) is 3.05. The number of rotatable bonds is 7. The van der Waals surface area contributed by atoms with Crippen molar-refractivity contribution < 1.29 is 9.47 Å². The Balaban J connectivity index is 1.93. The van der Waals surface area contributed by atoms with E-state index in [0.29, 0.717) is 5.25 Å². The van der Waals surface area contributed by atoms with Crippen molar-refractivity contribution in [3.63, 3.8) is 0 Å². The molecule has 1 heterocycles. The molecule has 0 radical (unpaired) electrons. The Kier molecular flexibility index (Phi) is 5.79. The largest absolute Gasteiger partial charge is 0.383 e. The Morgan fingerprint density at radius 1 is 1.50 bits per heavy atom. The number of benzene rings is 1. The quantitative estimate of drug-likeness (QED) is 0.781. The van der Waals surface area contributed by atoms with Gasteiger partial charge in [-0.05, 0) is 17.7 Å². The zero-order chi connectivity index (χ0) is 12.8. The first-order chi connectivity index (χ1) is 8.79. The van der Waals surface area contributed by atoms with Gasteiger partial charge in [-0.2, -0.15) is 0 Å². The van der Waals surface area contributed by atoms with Gasteiger partial charge in [0.15, 0.2) is 0 Å². The Morgan fingerprint density at radius 2 is 2.33 bits per heavy atom. The number of methoxy groups -OCH3 is 1. The highest BCUT2D eigenvalue weighted by Gasteiger charge is 2.20. The van der Waals surface area contributed by atoms with E-state index in [2.05, 4.69) is 11.4 Å². The summed E-state index contributed by atoms with van der Waals surface area (Å²) >= 11 is 7.91. The number of thioether (sulfide) groups is 1. The zero-order valence-corrected chi connectivity index (χ0v) is 12.0. The second kappa shape index (κ2) is 7.36. The average molecular weight is 288 g/mol. The summed E-state index contributed by atoms with van der Waals surface area (Å²) in [4.78, 5) is 1.25. The summed E-state index contributed by atoms with van der Waals surface area (Å²) in [5, 5.41) is 4.72. The Hall–Kier alpha value is -0.260. The lowest BCUT2D eigenvalue weighted by Crippen LogP contribution is -2.30. The standard InChI is InChI=1S/C13H18ClNO2S/c1-16-5-4-15-7-10-2-3-11(14)6-13(10)18-12-8-17-9-12/h2-3,6,12,15H,4-5,7-9H2,1H3. The first-order valence-corrected chi connectivity index (χ1v) is 7.28. The molecule has 0 bridgehead atoms. The van der Waals surface area contributed by atoms with Crippen LogP contribution in [0.3, 0.4) is 0 Å². The fourth-order valence-electron chi connectivity index (χ4n) is 1.64. The molecule has 100 valence electrons. The van der Waals surface area contributed by atoms with E-state index in [0.717, 1.165) is 37.9 Å². The normalized spacial score (nSPS) is 15.7. The van der Waals surface area contributed by atoms with Crippen LogP contribution in [-0.2, 0) is 16.0 Å². The molecule has 0 atom stereocenters. The topological polar surface area (TPSA) is 30.5 Å². The molecule has 1 fully saturated rings. The monoisotopic (exact) mass is 287 g/mol. The lowest BCUT2D eigenvalue weighted by molar-refractivity contribution is 0.0455. The molecule has 1 aliphatic heterocycles. The minimum atomic E-state index is 0.571. The van der Waals surface area contributed by atoms with E-state index in [1.54, 1.807) is 7.11 Å². The van der Waals surface area contributed by atoms with Gasteiger partial charge in [-0.1, -0.05) is 17.7 Å². The summed E-state index contributed by atoms with van der Waals surface area (Å²) in [6.07, 6.45) is 0. The van der Waals surface area contributed by atoms with Crippen LogP contribution in [0.1, 0.15) is 5.56 Å². The minimum Gasteiger partial charge on any atom is -0.383 e. The maximum absolute atomic E-state index is 6.06. The van der Waals surface area contributed by atoms with Crippen molar-refractivity contribution in [1.82, 2.24) is 5.32 Å². The summed E-state index contributed by atoms with van der Waals surface area (Å²) < 4.78 is 10.2. The van der Waals surface area contributed by atoms with Gasteiger partial charge >= 0.3 is 0 Å². The molecule has 0 unspecified atom stereocenters. The van der Waals surface area contributed by atoms with E-state index in [4.69, 9.17) is 21.1 Å². The smallest absolute Gasteiger partial charge is 0.0611 e. The zero-order valence-electron chi connectivity index (χ0n) is 10.4. The van der Waals surface area contributed by atoms with E-state index >= 15 is 0 Å². The van der Waals surface area contributed by atoms with Gasteiger partial charge in [-0.3, -0.25) is 0 Å². The molecule has 0 aromatic heterocycles. The van der Waals surface area contributed by atoms with E-state index in [1.807, 2.05) is 23.9 Å². The van der Waals surface area contributed by atoms with Gasteiger partial charge in [0.1, 0.15) is 0 Å². The molecule has 18 heavy (non-hydrogen) atoms. The first kappa shape index (κ1) is 14.2. The van der Waals surface area contributed by atoms with Crippen molar-refractivity contribution in [3.8, 4) is 0 Å². The molecule has 0 spiro atoms. The molecule has 1 aromatic rings. The van der Waals surface area contributed by atoms with Crippen molar-refractivity contribution in [3.05, 3.63) is 28.8 Å². The van der Waals surface area contributed by atoms with Crippen LogP contribution in [0.25, 0.3) is 0 Å². The van der Waals surface area contributed by atoms with Crippen LogP contribution in [-0.4, -0.2) is 38.7 Å². The van der Waals surface area contributed by atoms with Gasteiger partial charge in [-0.15, -0.1) is 11.8 Å². The van der Waals surface area contributed by atoms with Gasteiger partial charge in [0.25, 0.3) is 0 Å². The number of halogens is 1. The van der Waals surface area contributed by atoms with E-state index < -0.39 is 0 Å². The van der Waals surface area contributed by atoms with Crippen LogP contribution in [0.15, 0.2) is 23.1 Å². The third-order valence-electron chi connectivity index (χ3n) is 2.73. The number of hydrogen-bond donors (Lipinski definition) is 1. The molecule has 1 saturated heterocycles. The van der Waals surface area contributed by atoms with Gasteiger partial charge in [0.05, 0.1) is 25.1 Å². The SMILES string of the molecule is COCCNCc1ccc(Cl)cc1SC1COC1. The molecule has 0 amide bonds. The third-order valence-corrected chi connectivity index (χ3v) is 4.20. The molecule has 1 aliphatic rings. The molecular weight excluding hydrogens is 270 g/mol. The second-order valence-electron chi connectivity index (χ2n) is 4.20. The van der Waals surface area contributed by atoms with Crippen LogP contribution in [0.2, 0.25) is 5.02 Å². The van der Waals surface area contributed by atoms with Gasteiger partial charge in [-0.25, -0.2) is 0 Å². The molecule has 0 aliphatic carbocycles. The molecule has 1 aromatic carbocycles. The van der Waals surface area contributed by atoms with Crippen LogP contribution in [0, 0.1) is 0 Å². The summed E-state index contributed by atoms with van der Waals surface area (Å²) in [5.74, 6) is 0. The molecule has 2 rings (SSSR count). The van der Waals surface area contributed by atoms with Crippen LogP contribution in [0.5, 0.6) is 0 Å². The van der Waals surface area contributed by atoms with Crippen molar-refractivity contribution in [1.29, 1.82) is 0 Å². The summed E-state index contributed by atoms with van der Waals surface area (Å²) in [7, 11) is 1.71. The van der Waals surface area contributed by atoms with Crippen molar-refractivity contribution in [2.24, 2.45) is 0 Å². The van der Waals surface area contributed by atoms with Crippen molar-refractivity contribution >= 4 is 23.4 Å². The molecule has 0 saturated carbocycles.